The zero-order valence-corrected chi connectivity index (χ0v) is 12.5. The van der Waals surface area contributed by atoms with Crippen molar-refractivity contribution in [3.8, 4) is 22.3 Å². The molecular weight excluding hydrogens is 312 g/mol. The zero-order chi connectivity index (χ0) is 17.1. The molecule has 0 aliphatic rings. The molecule has 0 spiro atoms. The second kappa shape index (κ2) is 6.58. The lowest BCUT2D eigenvalue weighted by molar-refractivity contribution is -0.136. The second-order valence-electron chi connectivity index (χ2n) is 5.24. The number of benzene rings is 2. The van der Waals surface area contributed by atoms with Crippen LogP contribution < -0.4 is 0 Å². The smallest absolute Gasteiger partial charge is 0.307 e. The third kappa shape index (κ3) is 3.01. The molecule has 120 valence electrons. The van der Waals surface area contributed by atoms with Crippen LogP contribution in [0, 0.1) is 11.6 Å². The summed E-state index contributed by atoms with van der Waals surface area (Å²) in [5.74, 6) is -2.07. The van der Waals surface area contributed by atoms with Gasteiger partial charge < -0.3 is 5.11 Å². The van der Waals surface area contributed by atoms with Gasteiger partial charge in [-0.05, 0) is 17.7 Å². The Balaban J connectivity index is 2.28. The van der Waals surface area contributed by atoms with Crippen LogP contribution in [0.2, 0.25) is 0 Å². The fourth-order valence-corrected chi connectivity index (χ4v) is 2.65. The Hall–Kier alpha value is -3.08. The van der Waals surface area contributed by atoms with E-state index in [1.807, 2.05) is 0 Å². The summed E-state index contributed by atoms with van der Waals surface area (Å²) in [7, 11) is 0. The number of rotatable bonds is 4. The van der Waals surface area contributed by atoms with Crippen molar-refractivity contribution in [3.05, 3.63) is 78.1 Å². The number of aliphatic carboxylic acids is 1. The van der Waals surface area contributed by atoms with Crippen molar-refractivity contribution in [1.29, 1.82) is 0 Å². The quantitative estimate of drug-likeness (QED) is 0.777. The Kier molecular flexibility index (Phi) is 4.33. The van der Waals surface area contributed by atoms with E-state index >= 15 is 0 Å². The maximum atomic E-state index is 14.2. The Morgan fingerprint density at radius 2 is 1.29 bits per heavy atom. The van der Waals surface area contributed by atoms with Gasteiger partial charge in [-0.15, -0.1) is 0 Å². The van der Waals surface area contributed by atoms with Crippen LogP contribution in [0.3, 0.4) is 0 Å². The number of carbonyl (C=O) groups is 1. The summed E-state index contributed by atoms with van der Waals surface area (Å²) in [5, 5.41) is 9.24. The van der Waals surface area contributed by atoms with E-state index in [1.165, 1.54) is 24.5 Å². The van der Waals surface area contributed by atoms with Crippen LogP contribution in [0.25, 0.3) is 22.3 Å². The minimum atomic E-state index is -1.09. The van der Waals surface area contributed by atoms with E-state index in [0.29, 0.717) is 16.7 Å². The molecule has 0 atom stereocenters. The molecule has 1 N–H and O–H groups in total. The Labute approximate surface area is 137 Å². The normalized spacial score (nSPS) is 10.6. The molecule has 0 bridgehead atoms. The molecule has 0 amide bonds. The van der Waals surface area contributed by atoms with Crippen LogP contribution in [0.15, 0.2) is 60.9 Å². The molecule has 3 aromatic rings. The molecule has 0 saturated heterocycles. The molecule has 24 heavy (non-hydrogen) atoms. The molecule has 5 heteroatoms. The van der Waals surface area contributed by atoms with Gasteiger partial charge in [0.15, 0.2) is 0 Å². The van der Waals surface area contributed by atoms with Crippen LogP contribution in [-0.2, 0) is 11.2 Å². The third-order valence-electron chi connectivity index (χ3n) is 3.71. The van der Waals surface area contributed by atoms with Crippen molar-refractivity contribution in [2.75, 3.05) is 0 Å². The zero-order valence-electron chi connectivity index (χ0n) is 12.5. The number of halogens is 2. The molecule has 0 fully saturated rings. The van der Waals surface area contributed by atoms with Gasteiger partial charge in [0.2, 0.25) is 0 Å². The molecule has 0 radical (unpaired) electrons. The molecule has 0 saturated carbocycles. The van der Waals surface area contributed by atoms with Crippen LogP contribution in [0.4, 0.5) is 8.78 Å². The number of nitrogens with zero attached hydrogens (tertiary/aromatic N) is 1. The lowest BCUT2D eigenvalue weighted by atomic mass is 9.92. The number of aromatic nitrogens is 1. The predicted molar refractivity (Wildman–Crippen MR) is 86.4 cm³/mol. The highest BCUT2D eigenvalue weighted by molar-refractivity contribution is 5.83. The SMILES string of the molecule is O=C(O)Cc1c(-c2ccccc2F)cncc1-c1ccccc1F. The molecule has 0 aliphatic heterocycles. The van der Waals surface area contributed by atoms with Gasteiger partial charge in [-0.2, -0.15) is 0 Å². The maximum Gasteiger partial charge on any atom is 0.307 e. The monoisotopic (exact) mass is 325 g/mol. The topological polar surface area (TPSA) is 50.2 Å². The first-order valence-electron chi connectivity index (χ1n) is 7.26. The van der Waals surface area contributed by atoms with E-state index in [-0.39, 0.29) is 17.5 Å². The highest BCUT2D eigenvalue weighted by Gasteiger charge is 2.18. The molecule has 3 rings (SSSR count). The molecule has 1 heterocycles. The summed E-state index contributed by atoms with van der Waals surface area (Å²) < 4.78 is 28.3. The summed E-state index contributed by atoms with van der Waals surface area (Å²) in [4.78, 5) is 15.4. The second-order valence-corrected chi connectivity index (χ2v) is 5.24. The van der Waals surface area contributed by atoms with Crippen LogP contribution in [0.5, 0.6) is 0 Å². The average Bonchev–Trinajstić information content (AvgIpc) is 2.56. The Morgan fingerprint density at radius 3 is 1.71 bits per heavy atom. The summed E-state index contributed by atoms with van der Waals surface area (Å²) in [5.41, 5.74) is 1.49. The van der Waals surface area contributed by atoms with E-state index in [2.05, 4.69) is 4.98 Å². The van der Waals surface area contributed by atoms with E-state index in [4.69, 9.17) is 0 Å². The van der Waals surface area contributed by atoms with Crippen molar-refractivity contribution >= 4 is 5.97 Å². The number of carboxylic acids is 1. The number of pyridine rings is 1. The van der Waals surface area contributed by atoms with Crippen LogP contribution >= 0.6 is 0 Å². The first kappa shape index (κ1) is 15.8. The maximum absolute atomic E-state index is 14.2. The largest absolute Gasteiger partial charge is 0.481 e. The molecule has 1 aromatic heterocycles. The lowest BCUT2D eigenvalue weighted by Crippen LogP contribution is -2.06. The van der Waals surface area contributed by atoms with Gasteiger partial charge in [-0.3, -0.25) is 9.78 Å². The fraction of sp³-hybridized carbons (Fsp3) is 0.0526. The molecule has 0 aliphatic carbocycles. The van der Waals surface area contributed by atoms with Crippen molar-refractivity contribution in [3.63, 3.8) is 0 Å². The van der Waals surface area contributed by atoms with Crippen LogP contribution in [-0.4, -0.2) is 16.1 Å². The Bertz CT molecular complexity index is 846. The number of hydrogen-bond donors (Lipinski definition) is 1. The van der Waals surface area contributed by atoms with Crippen molar-refractivity contribution in [1.82, 2.24) is 4.98 Å². The first-order chi connectivity index (χ1) is 11.6. The van der Waals surface area contributed by atoms with Gasteiger partial charge in [0, 0.05) is 34.6 Å². The van der Waals surface area contributed by atoms with E-state index in [9.17, 15) is 18.7 Å². The van der Waals surface area contributed by atoms with Gasteiger partial charge >= 0.3 is 5.97 Å². The highest BCUT2D eigenvalue weighted by atomic mass is 19.1. The number of carboxylic acid groups (broad SMARTS) is 1. The van der Waals surface area contributed by atoms with Gasteiger partial charge in [-0.1, -0.05) is 36.4 Å². The van der Waals surface area contributed by atoms with Crippen LogP contribution in [0.1, 0.15) is 5.56 Å². The van der Waals surface area contributed by atoms with Crippen molar-refractivity contribution < 1.29 is 18.7 Å². The average molecular weight is 325 g/mol. The van der Waals surface area contributed by atoms with Gasteiger partial charge in [0.25, 0.3) is 0 Å². The van der Waals surface area contributed by atoms with Crippen molar-refractivity contribution in [2.24, 2.45) is 0 Å². The summed E-state index contributed by atoms with van der Waals surface area (Å²) >= 11 is 0. The molecular formula is C19H13F2NO2. The fourth-order valence-electron chi connectivity index (χ4n) is 2.65. The summed E-state index contributed by atoms with van der Waals surface area (Å²) in [6, 6.07) is 12.1. The van der Waals surface area contributed by atoms with E-state index in [0.717, 1.165) is 0 Å². The van der Waals surface area contributed by atoms with Gasteiger partial charge in [-0.25, -0.2) is 8.78 Å². The van der Waals surface area contributed by atoms with Gasteiger partial charge in [0.05, 0.1) is 6.42 Å². The molecule has 2 aromatic carbocycles. The Morgan fingerprint density at radius 1 is 0.833 bits per heavy atom. The first-order valence-corrected chi connectivity index (χ1v) is 7.26. The van der Waals surface area contributed by atoms with E-state index in [1.54, 1.807) is 36.4 Å². The minimum absolute atomic E-state index is 0.236. The van der Waals surface area contributed by atoms with Crippen molar-refractivity contribution in [2.45, 2.75) is 6.42 Å². The molecule has 3 nitrogen and oxygen atoms in total. The standard InChI is InChI=1S/C19H13F2NO2/c20-17-7-3-1-5-12(17)15-10-22-11-16(14(15)9-19(23)24)13-6-2-4-8-18(13)21/h1-8,10-11H,9H2,(H,23,24). The van der Waals surface area contributed by atoms with Gasteiger partial charge in [0.1, 0.15) is 11.6 Å². The number of hydrogen-bond acceptors (Lipinski definition) is 2. The minimum Gasteiger partial charge on any atom is -0.481 e. The van der Waals surface area contributed by atoms with E-state index < -0.39 is 17.6 Å². The highest BCUT2D eigenvalue weighted by Crippen LogP contribution is 2.34. The molecule has 0 unspecified atom stereocenters. The summed E-state index contributed by atoms with van der Waals surface area (Å²) in [6.07, 6.45) is 2.44. The predicted octanol–water partition coefficient (Wildman–Crippen LogP) is 4.32. The lowest BCUT2D eigenvalue weighted by Gasteiger charge is -2.14. The summed E-state index contributed by atoms with van der Waals surface area (Å²) in [6.45, 7) is 0. The third-order valence-corrected chi connectivity index (χ3v) is 3.71.